The Balaban J connectivity index is 1.47. The lowest BCUT2D eigenvalue weighted by Gasteiger charge is -2.35. The highest BCUT2D eigenvalue weighted by molar-refractivity contribution is 6.18. The number of benzene rings is 3. The Labute approximate surface area is 237 Å². The Morgan fingerprint density at radius 1 is 0.950 bits per heavy atom. The number of esters is 1. The van der Waals surface area contributed by atoms with Crippen LogP contribution in [-0.2, 0) is 14.3 Å². The smallest absolute Gasteiger partial charge is 0.330 e. The van der Waals surface area contributed by atoms with Gasteiger partial charge in [-0.1, -0.05) is 42.8 Å². The summed E-state index contributed by atoms with van der Waals surface area (Å²) in [5.74, 6) is -1.16. The van der Waals surface area contributed by atoms with Crippen LogP contribution >= 0.6 is 0 Å². The summed E-state index contributed by atoms with van der Waals surface area (Å²) in [6.07, 6.45) is 6.82. The molecule has 0 N–H and O–H groups in total. The maximum absolute atomic E-state index is 14.8. The van der Waals surface area contributed by atoms with Crippen LogP contribution in [0, 0.1) is 23.6 Å². The molecule has 7 heteroatoms. The highest BCUT2D eigenvalue weighted by Crippen LogP contribution is 2.49. The topological polar surface area (TPSA) is 49.9 Å². The number of hydrogen-bond acceptors (Lipinski definition) is 4. The Kier molecular flexibility index (Phi) is 8.10. The monoisotopic (exact) mass is 536 g/mol. The number of hydrogen-bond donors (Lipinski definition) is 0. The predicted octanol–water partition coefficient (Wildman–Crippen LogP) is 6.38. The number of fused-ring (bicyclic) bond motifs is 2. The lowest BCUT2D eigenvalue weighted by atomic mass is 9.82. The fourth-order valence-corrected chi connectivity index (χ4v) is 6.19. The van der Waals surface area contributed by atoms with Crippen molar-refractivity contribution in [3.05, 3.63) is 89.8 Å². The van der Waals surface area contributed by atoms with Crippen LogP contribution in [0.15, 0.2) is 72.8 Å². The molecule has 2 aliphatic carbocycles. The summed E-state index contributed by atoms with van der Waals surface area (Å²) in [5, 5.41) is 0. The first-order valence-corrected chi connectivity index (χ1v) is 13.8. The van der Waals surface area contributed by atoms with Gasteiger partial charge in [0, 0.05) is 43.4 Å². The van der Waals surface area contributed by atoms with Crippen LogP contribution in [0.1, 0.15) is 42.8 Å². The van der Waals surface area contributed by atoms with Crippen molar-refractivity contribution in [3.63, 3.8) is 0 Å². The summed E-state index contributed by atoms with van der Waals surface area (Å²) in [5.41, 5.74) is 4.79. The van der Waals surface area contributed by atoms with E-state index >= 15 is 0 Å². The molecule has 3 aromatic carbocycles. The van der Waals surface area contributed by atoms with Crippen molar-refractivity contribution in [1.82, 2.24) is 0 Å². The van der Waals surface area contributed by atoms with Crippen LogP contribution in [0.25, 0.3) is 17.2 Å². The number of ether oxygens (including phenoxy) is 1. The molecule has 0 saturated heterocycles. The first kappa shape index (κ1) is 27.7. The first-order valence-electron chi connectivity index (χ1n) is 13.8. The number of halogens is 1. The highest BCUT2D eigenvalue weighted by Gasteiger charge is 2.45. The molecule has 4 atom stereocenters. The van der Waals surface area contributed by atoms with Gasteiger partial charge in [0.05, 0.1) is 7.11 Å². The number of nitrogens with zero attached hydrogens (tertiary/aromatic N) is 2. The van der Waals surface area contributed by atoms with Gasteiger partial charge in [-0.05, 0) is 89.8 Å². The van der Waals surface area contributed by atoms with Crippen LogP contribution in [0.4, 0.5) is 15.8 Å². The minimum atomic E-state index is -0.809. The van der Waals surface area contributed by atoms with E-state index in [0.29, 0.717) is 23.1 Å². The molecule has 40 heavy (non-hydrogen) atoms. The third-order valence-corrected chi connectivity index (χ3v) is 8.34. The van der Waals surface area contributed by atoms with Crippen molar-refractivity contribution in [2.24, 2.45) is 17.8 Å². The summed E-state index contributed by atoms with van der Waals surface area (Å²) in [7, 11) is 12.1. The Bertz CT molecular complexity index is 1400. The summed E-state index contributed by atoms with van der Waals surface area (Å²) in [6, 6.07) is 20.5. The van der Waals surface area contributed by atoms with Crippen molar-refractivity contribution < 1.29 is 18.7 Å². The van der Waals surface area contributed by atoms with E-state index in [1.807, 2.05) is 38.4 Å². The summed E-state index contributed by atoms with van der Waals surface area (Å²) in [6.45, 7) is 0. The maximum atomic E-state index is 14.8. The minimum absolute atomic E-state index is 0.0726. The van der Waals surface area contributed by atoms with Crippen LogP contribution in [0.3, 0.4) is 0 Å². The highest BCUT2D eigenvalue weighted by atomic mass is 19.1. The van der Waals surface area contributed by atoms with Crippen molar-refractivity contribution in [3.8, 4) is 11.1 Å². The van der Waals surface area contributed by atoms with Gasteiger partial charge < -0.3 is 14.5 Å². The normalized spacial score (nSPS) is 20.4. The van der Waals surface area contributed by atoms with Crippen LogP contribution < -0.4 is 9.80 Å². The van der Waals surface area contributed by atoms with E-state index in [-0.39, 0.29) is 11.8 Å². The van der Waals surface area contributed by atoms with Crippen LogP contribution in [-0.4, -0.2) is 40.9 Å². The zero-order valence-electron chi connectivity index (χ0n) is 23.2. The fourth-order valence-electron chi connectivity index (χ4n) is 6.19. The van der Waals surface area contributed by atoms with E-state index in [0.717, 1.165) is 41.6 Å². The van der Waals surface area contributed by atoms with Gasteiger partial charge in [-0.2, -0.15) is 0 Å². The molecular formula is C33H34BFN2O3. The second-order valence-corrected chi connectivity index (χ2v) is 11.1. The van der Waals surface area contributed by atoms with Gasteiger partial charge in [0.25, 0.3) is 0 Å². The van der Waals surface area contributed by atoms with Crippen LogP contribution in [0.2, 0.25) is 0 Å². The van der Waals surface area contributed by atoms with Crippen molar-refractivity contribution >= 4 is 37.2 Å². The minimum Gasteiger partial charge on any atom is -0.466 e. The predicted molar refractivity (Wildman–Crippen MR) is 159 cm³/mol. The van der Waals surface area contributed by atoms with Gasteiger partial charge in [0.2, 0.25) is 5.91 Å². The Morgan fingerprint density at radius 2 is 1.62 bits per heavy atom. The largest absolute Gasteiger partial charge is 0.466 e. The molecule has 0 aromatic heterocycles. The number of carbonyl (C=O) groups excluding carboxylic acids is 2. The second kappa shape index (κ2) is 11.7. The number of amides is 1. The van der Waals surface area contributed by atoms with E-state index in [2.05, 4.69) is 33.9 Å². The Hall–Kier alpha value is -3.87. The van der Waals surface area contributed by atoms with E-state index in [9.17, 15) is 14.0 Å². The van der Waals surface area contributed by atoms with Gasteiger partial charge in [-0.15, -0.1) is 0 Å². The molecule has 0 spiro atoms. The molecule has 204 valence electrons. The van der Waals surface area contributed by atoms with Gasteiger partial charge in [-0.25, -0.2) is 9.18 Å². The first-order chi connectivity index (χ1) is 19.2. The molecule has 2 unspecified atom stereocenters. The molecule has 3 aromatic rings. The lowest BCUT2D eigenvalue weighted by molar-refractivity contribution is -0.134. The fraction of sp³-hybridized carbons (Fsp3) is 0.333. The van der Waals surface area contributed by atoms with E-state index in [1.54, 1.807) is 11.0 Å². The zero-order chi connectivity index (χ0) is 28.4. The molecule has 2 aliphatic rings. The standard InChI is InChI=1S/C33H34BFN2O3/c1-36(2)28-13-11-24(12-14-28)23-7-9-25(10-8-23)32(34)37(33(39)30-19-21-4-6-26(30)16-21)29-18-22(17-27(35)20-29)5-15-31(38)40-3/h5,7-15,17-18,20-21,26,30,32H,4,6,16,19H2,1-3H3/b15-5+/t21-,26+,30?,32?/m0/s1. The number of carbonyl (C=O) groups is 2. The van der Waals surface area contributed by atoms with Gasteiger partial charge >= 0.3 is 5.97 Å². The zero-order valence-corrected chi connectivity index (χ0v) is 23.2. The van der Waals surface area contributed by atoms with E-state index < -0.39 is 17.7 Å². The number of anilines is 2. The number of rotatable bonds is 8. The quantitative estimate of drug-likeness (QED) is 0.191. The molecule has 0 heterocycles. The van der Waals surface area contributed by atoms with E-state index in [4.69, 9.17) is 7.85 Å². The van der Waals surface area contributed by atoms with Gasteiger partial charge in [0.1, 0.15) is 13.7 Å². The average molecular weight is 536 g/mol. The summed E-state index contributed by atoms with van der Waals surface area (Å²) in [4.78, 5) is 29.3. The summed E-state index contributed by atoms with van der Waals surface area (Å²) < 4.78 is 19.5. The van der Waals surface area contributed by atoms with Crippen molar-refractivity contribution in [1.29, 1.82) is 0 Å². The van der Waals surface area contributed by atoms with Crippen LogP contribution in [0.5, 0.6) is 0 Å². The molecule has 2 saturated carbocycles. The van der Waals surface area contributed by atoms with Gasteiger partial charge in [-0.3, -0.25) is 4.79 Å². The third-order valence-electron chi connectivity index (χ3n) is 8.34. The lowest BCUT2D eigenvalue weighted by Crippen LogP contribution is -2.41. The van der Waals surface area contributed by atoms with Crippen molar-refractivity contribution in [2.75, 3.05) is 31.0 Å². The van der Waals surface area contributed by atoms with Gasteiger partial charge in [0.15, 0.2) is 0 Å². The molecule has 2 bridgehead atoms. The average Bonchev–Trinajstić information content (AvgIpc) is 3.60. The molecule has 0 aliphatic heterocycles. The molecular weight excluding hydrogens is 502 g/mol. The third kappa shape index (κ3) is 5.84. The maximum Gasteiger partial charge on any atom is 0.330 e. The molecule has 2 radical (unpaired) electrons. The van der Waals surface area contributed by atoms with E-state index in [1.165, 1.54) is 37.8 Å². The molecule has 2 fully saturated rings. The number of methoxy groups -OCH3 is 1. The Morgan fingerprint density at radius 3 is 2.20 bits per heavy atom. The van der Waals surface area contributed by atoms with Crippen molar-refractivity contribution in [2.45, 2.75) is 31.6 Å². The SMILES string of the molecule is [B]C(c1ccc(-c2ccc(N(C)C)cc2)cc1)N(C(=O)C1C[C@H]2CC[C@@H]1C2)c1cc(F)cc(/C=C/C(=O)OC)c1. The molecule has 5 nitrogen and oxygen atoms in total. The molecule has 1 amide bonds. The summed E-state index contributed by atoms with van der Waals surface area (Å²) >= 11 is 0. The molecule has 5 rings (SSSR count). The second-order valence-electron chi connectivity index (χ2n) is 11.1.